The predicted octanol–water partition coefficient (Wildman–Crippen LogP) is 3.29. The fourth-order valence-corrected chi connectivity index (χ4v) is 1.39. The highest BCUT2D eigenvalue weighted by Crippen LogP contribution is 2.17. The average Bonchev–Trinajstić information content (AvgIpc) is 2.18. The lowest BCUT2D eigenvalue weighted by Gasteiger charge is -1.97. The van der Waals surface area contributed by atoms with E-state index in [1.54, 1.807) is 18.2 Å². The number of benzene rings is 1. The molecule has 0 bridgehead atoms. The third-order valence-corrected chi connectivity index (χ3v) is 2.34. The van der Waals surface area contributed by atoms with Gasteiger partial charge in [-0.25, -0.2) is 0 Å². The van der Waals surface area contributed by atoms with Crippen molar-refractivity contribution in [3.63, 3.8) is 0 Å². The molecular formula is C11H8BrClO. The molecule has 0 aliphatic rings. The Morgan fingerprint density at radius 2 is 2.29 bits per heavy atom. The van der Waals surface area contributed by atoms with Crippen molar-refractivity contribution in [2.45, 2.75) is 6.42 Å². The second-order valence-corrected chi connectivity index (χ2v) is 3.76. The van der Waals surface area contributed by atoms with Crippen LogP contribution < -0.4 is 0 Å². The van der Waals surface area contributed by atoms with Gasteiger partial charge in [0.1, 0.15) is 0 Å². The molecule has 72 valence electrons. The molecule has 1 rings (SSSR count). The fraction of sp³-hybridized carbons (Fsp3) is 0.182. The van der Waals surface area contributed by atoms with Crippen molar-refractivity contribution in [3.8, 4) is 11.8 Å². The second-order valence-electron chi connectivity index (χ2n) is 2.56. The first-order valence-electron chi connectivity index (χ1n) is 4.08. The summed E-state index contributed by atoms with van der Waals surface area (Å²) in [5.41, 5.74) is 1.16. The number of hydrogen-bond donors (Lipinski definition) is 0. The quantitative estimate of drug-likeness (QED) is 0.458. The van der Waals surface area contributed by atoms with Crippen LogP contribution in [0.1, 0.15) is 22.3 Å². The topological polar surface area (TPSA) is 17.1 Å². The van der Waals surface area contributed by atoms with Gasteiger partial charge >= 0.3 is 0 Å². The van der Waals surface area contributed by atoms with Gasteiger partial charge in [0.15, 0.2) is 6.29 Å². The fourth-order valence-electron chi connectivity index (χ4n) is 0.971. The summed E-state index contributed by atoms with van der Waals surface area (Å²) >= 11 is 9.11. The van der Waals surface area contributed by atoms with E-state index in [1.807, 2.05) is 0 Å². The molecule has 1 aromatic rings. The normalized spacial score (nSPS) is 9.00. The van der Waals surface area contributed by atoms with Gasteiger partial charge in [-0.05, 0) is 12.1 Å². The molecule has 3 heteroatoms. The molecule has 0 unspecified atom stereocenters. The van der Waals surface area contributed by atoms with Crippen molar-refractivity contribution in [1.29, 1.82) is 0 Å². The highest BCUT2D eigenvalue weighted by molar-refractivity contribution is 9.09. The van der Waals surface area contributed by atoms with Crippen LogP contribution in [0.15, 0.2) is 18.2 Å². The maximum absolute atomic E-state index is 10.7. The third kappa shape index (κ3) is 2.87. The molecule has 0 N–H and O–H groups in total. The number of rotatable bonds is 2. The van der Waals surface area contributed by atoms with Gasteiger partial charge in [-0.1, -0.05) is 45.4 Å². The van der Waals surface area contributed by atoms with Gasteiger partial charge in [0.05, 0.1) is 5.02 Å². The Morgan fingerprint density at radius 3 is 2.93 bits per heavy atom. The van der Waals surface area contributed by atoms with Crippen LogP contribution in [0, 0.1) is 11.8 Å². The molecule has 1 aromatic carbocycles. The summed E-state index contributed by atoms with van der Waals surface area (Å²) in [6, 6.07) is 5.26. The summed E-state index contributed by atoms with van der Waals surface area (Å²) in [5, 5.41) is 1.28. The van der Waals surface area contributed by atoms with E-state index in [1.165, 1.54) is 0 Å². The van der Waals surface area contributed by atoms with Gasteiger partial charge in [-0.15, -0.1) is 0 Å². The highest BCUT2D eigenvalue weighted by atomic mass is 79.9. The molecule has 0 saturated heterocycles. The Kier molecular flexibility index (Phi) is 4.72. The Morgan fingerprint density at radius 1 is 1.50 bits per heavy atom. The Labute approximate surface area is 96.6 Å². The van der Waals surface area contributed by atoms with Gasteiger partial charge in [-0.2, -0.15) is 0 Å². The van der Waals surface area contributed by atoms with Gasteiger partial charge in [0.25, 0.3) is 0 Å². The third-order valence-electron chi connectivity index (χ3n) is 1.61. The molecule has 14 heavy (non-hydrogen) atoms. The molecule has 0 heterocycles. The van der Waals surface area contributed by atoms with Gasteiger partial charge < -0.3 is 0 Å². The molecule has 0 amide bonds. The maximum Gasteiger partial charge on any atom is 0.152 e. The number of carbonyl (C=O) groups is 1. The molecule has 0 aliphatic carbocycles. The van der Waals surface area contributed by atoms with Crippen LogP contribution in [-0.4, -0.2) is 11.6 Å². The smallest absolute Gasteiger partial charge is 0.152 e. The first-order valence-corrected chi connectivity index (χ1v) is 5.58. The van der Waals surface area contributed by atoms with E-state index < -0.39 is 0 Å². The van der Waals surface area contributed by atoms with Crippen LogP contribution >= 0.6 is 27.5 Å². The highest BCUT2D eigenvalue weighted by Gasteiger charge is 2.02. The Bertz CT molecular complexity index is 390. The number of halogens is 2. The van der Waals surface area contributed by atoms with Crippen LogP contribution in [0.5, 0.6) is 0 Å². The number of hydrogen-bond acceptors (Lipinski definition) is 1. The van der Waals surface area contributed by atoms with Crippen LogP contribution in [0.4, 0.5) is 0 Å². The van der Waals surface area contributed by atoms with Crippen molar-refractivity contribution < 1.29 is 4.79 Å². The summed E-state index contributed by atoms with van der Waals surface area (Å²) < 4.78 is 0. The van der Waals surface area contributed by atoms with Crippen LogP contribution in [0.3, 0.4) is 0 Å². The standard InChI is InChI=1S/C11H8BrClO/c12-7-2-1-4-9-5-3-6-11(13)10(9)8-14/h3,5-6,8H,2,7H2. The molecule has 0 saturated carbocycles. The van der Waals surface area contributed by atoms with E-state index in [0.29, 0.717) is 16.1 Å². The van der Waals surface area contributed by atoms with E-state index in [9.17, 15) is 4.79 Å². The van der Waals surface area contributed by atoms with E-state index in [-0.39, 0.29) is 0 Å². The van der Waals surface area contributed by atoms with E-state index in [4.69, 9.17) is 11.6 Å². The first-order chi connectivity index (χ1) is 6.79. The van der Waals surface area contributed by atoms with Gasteiger partial charge in [0, 0.05) is 22.9 Å². The van der Waals surface area contributed by atoms with E-state index in [2.05, 4.69) is 27.8 Å². The monoisotopic (exact) mass is 270 g/mol. The zero-order valence-electron chi connectivity index (χ0n) is 7.39. The summed E-state index contributed by atoms with van der Waals surface area (Å²) in [5.74, 6) is 5.85. The Balaban J connectivity index is 3.04. The molecule has 0 spiro atoms. The number of alkyl halides is 1. The predicted molar refractivity (Wildman–Crippen MR) is 62.1 cm³/mol. The largest absolute Gasteiger partial charge is 0.298 e. The lowest BCUT2D eigenvalue weighted by molar-refractivity contribution is 0.112. The van der Waals surface area contributed by atoms with Crippen molar-refractivity contribution >= 4 is 33.8 Å². The minimum Gasteiger partial charge on any atom is -0.298 e. The molecule has 0 aromatic heterocycles. The van der Waals surface area contributed by atoms with Gasteiger partial charge in [-0.3, -0.25) is 4.79 Å². The van der Waals surface area contributed by atoms with Crippen molar-refractivity contribution in [2.75, 3.05) is 5.33 Å². The van der Waals surface area contributed by atoms with Crippen molar-refractivity contribution in [1.82, 2.24) is 0 Å². The van der Waals surface area contributed by atoms with E-state index >= 15 is 0 Å². The summed E-state index contributed by atoms with van der Waals surface area (Å²) in [4.78, 5) is 10.7. The SMILES string of the molecule is O=Cc1c(Cl)cccc1C#CCCBr. The second kappa shape index (κ2) is 5.85. The van der Waals surface area contributed by atoms with Crippen molar-refractivity contribution in [3.05, 3.63) is 34.3 Å². The first kappa shape index (κ1) is 11.3. The number of carbonyl (C=O) groups excluding carboxylic acids is 1. The minimum absolute atomic E-state index is 0.450. The lowest BCUT2D eigenvalue weighted by atomic mass is 10.1. The van der Waals surface area contributed by atoms with Crippen LogP contribution in [0.2, 0.25) is 5.02 Å². The lowest BCUT2D eigenvalue weighted by Crippen LogP contribution is -1.88. The molecule has 0 atom stereocenters. The summed E-state index contributed by atoms with van der Waals surface area (Å²) in [6.45, 7) is 0. The zero-order chi connectivity index (χ0) is 10.4. The van der Waals surface area contributed by atoms with E-state index in [0.717, 1.165) is 18.0 Å². The average molecular weight is 272 g/mol. The van der Waals surface area contributed by atoms with Crippen LogP contribution in [0.25, 0.3) is 0 Å². The zero-order valence-corrected chi connectivity index (χ0v) is 9.73. The summed E-state index contributed by atoms with van der Waals surface area (Å²) in [6.07, 6.45) is 1.49. The number of aldehydes is 1. The molecule has 0 aliphatic heterocycles. The Hall–Kier alpha value is -0.780. The van der Waals surface area contributed by atoms with Crippen LogP contribution in [-0.2, 0) is 0 Å². The van der Waals surface area contributed by atoms with Gasteiger partial charge in [0.2, 0.25) is 0 Å². The molecule has 0 radical (unpaired) electrons. The maximum atomic E-state index is 10.7. The molecule has 1 nitrogen and oxygen atoms in total. The summed E-state index contributed by atoms with van der Waals surface area (Å²) in [7, 11) is 0. The molecular weight excluding hydrogens is 263 g/mol. The molecule has 0 fully saturated rings. The van der Waals surface area contributed by atoms with Crippen molar-refractivity contribution in [2.24, 2.45) is 0 Å². The minimum atomic E-state index is 0.450.